The number of halogens is 2. The second kappa shape index (κ2) is 9.88. The van der Waals surface area contributed by atoms with Crippen LogP contribution in [0.15, 0.2) is 71.6 Å². The van der Waals surface area contributed by atoms with Crippen molar-refractivity contribution in [2.24, 2.45) is 0 Å². The SMILES string of the molecule is CCOc1cc(/C=C(\C#N)c2ccccc2)cc(Cl)c1OS(=O)(=O)c1ccc(Cl)cc1. The molecule has 0 radical (unpaired) electrons. The molecule has 3 aromatic rings. The quantitative estimate of drug-likeness (QED) is 0.231. The van der Waals surface area contributed by atoms with Crippen LogP contribution in [0.5, 0.6) is 11.5 Å². The van der Waals surface area contributed by atoms with Crippen molar-refractivity contribution in [3.63, 3.8) is 0 Å². The van der Waals surface area contributed by atoms with Crippen molar-refractivity contribution in [2.75, 3.05) is 6.61 Å². The van der Waals surface area contributed by atoms with Gasteiger partial charge in [0.15, 0.2) is 5.75 Å². The van der Waals surface area contributed by atoms with Gasteiger partial charge in [0.05, 0.1) is 23.3 Å². The van der Waals surface area contributed by atoms with E-state index in [0.717, 1.165) is 5.56 Å². The molecule has 5 nitrogen and oxygen atoms in total. The average Bonchev–Trinajstić information content (AvgIpc) is 2.75. The van der Waals surface area contributed by atoms with Gasteiger partial charge in [0.2, 0.25) is 5.75 Å². The first-order valence-electron chi connectivity index (χ1n) is 9.17. The highest BCUT2D eigenvalue weighted by atomic mass is 35.5. The Morgan fingerprint density at radius 1 is 1.06 bits per heavy atom. The van der Waals surface area contributed by atoms with E-state index in [1.807, 2.05) is 30.3 Å². The van der Waals surface area contributed by atoms with Crippen molar-refractivity contribution in [1.29, 1.82) is 5.26 Å². The van der Waals surface area contributed by atoms with Gasteiger partial charge in [0.1, 0.15) is 4.90 Å². The minimum absolute atomic E-state index is 0.0279. The minimum atomic E-state index is -4.17. The van der Waals surface area contributed by atoms with Crippen LogP contribution in [0.2, 0.25) is 10.0 Å². The van der Waals surface area contributed by atoms with Gasteiger partial charge in [-0.05, 0) is 60.5 Å². The number of nitriles is 1. The summed E-state index contributed by atoms with van der Waals surface area (Å²) >= 11 is 12.2. The maximum Gasteiger partial charge on any atom is 0.339 e. The van der Waals surface area contributed by atoms with Gasteiger partial charge < -0.3 is 8.92 Å². The normalized spacial score (nSPS) is 11.6. The molecule has 0 bridgehead atoms. The summed E-state index contributed by atoms with van der Waals surface area (Å²) in [4.78, 5) is -0.0739. The molecule has 3 rings (SSSR count). The van der Waals surface area contributed by atoms with Crippen LogP contribution < -0.4 is 8.92 Å². The molecule has 0 unspecified atom stereocenters. The highest BCUT2D eigenvalue weighted by molar-refractivity contribution is 7.87. The summed E-state index contributed by atoms with van der Waals surface area (Å²) < 4.78 is 36.2. The molecule has 0 heterocycles. The van der Waals surface area contributed by atoms with Gasteiger partial charge in [-0.3, -0.25) is 0 Å². The maximum absolute atomic E-state index is 12.7. The largest absolute Gasteiger partial charge is 0.490 e. The fourth-order valence-electron chi connectivity index (χ4n) is 2.74. The van der Waals surface area contributed by atoms with Crippen LogP contribution >= 0.6 is 23.2 Å². The third-order valence-corrected chi connectivity index (χ3v) is 5.91. The zero-order valence-electron chi connectivity index (χ0n) is 16.4. The monoisotopic (exact) mass is 473 g/mol. The molecule has 0 aliphatic carbocycles. The second-order valence-corrected chi connectivity index (χ2v) is 8.68. The second-order valence-electron chi connectivity index (χ2n) is 6.29. The lowest BCUT2D eigenvalue weighted by molar-refractivity contribution is 0.327. The standard InChI is InChI=1S/C23H17Cl2NO4S/c1-2-29-22-14-16(12-18(15-26)17-6-4-3-5-7-17)13-21(25)23(22)30-31(27,28)20-10-8-19(24)9-11-20/h3-14H,2H2,1H3/b18-12+. The zero-order chi connectivity index (χ0) is 22.4. The molecule has 0 N–H and O–H groups in total. The molecule has 0 aliphatic rings. The molecule has 0 atom stereocenters. The molecule has 0 fully saturated rings. The van der Waals surface area contributed by atoms with Crippen molar-refractivity contribution in [3.8, 4) is 17.6 Å². The number of hydrogen-bond acceptors (Lipinski definition) is 5. The Morgan fingerprint density at radius 3 is 2.35 bits per heavy atom. The third kappa shape index (κ3) is 5.59. The van der Waals surface area contributed by atoms with Crippen LogP contribution in [0.3, 0.4) is 0 Å². The minimum Gasteiger partial charge on any atom is -0.490 e. The van der Waals surface area contributed by atoms with Gasteiger partial charge in [0, 0.05) is 5.02 Å². The van der Waals surface area contributed by atoms with Crippen molar-refractivity contribution in [2.45, 2.75) is 11.8 Å². The van der Waals surface area contributed by atoms with Gasteiger partial charge in [-0.2, -0.15) is 13.7 Å². The predicted molar refractivity (Wildman–Crippen MR) is 122 cm³/mol. The van der Waals surface area contributed by atoms with Gasteiger partial charge in [0.25, 0.3) is 0 Å². The molecule has 8 heteroatoms. The van der Waals surface area contributed by atoms with E-state index in [1.165, 1.54) is 30.3 Å². The number of rotatable bonds is 7. The van der Waals surface area contributed by atoms with Crippen LogP contribution in [0.1, 0.15) is 18.1 Å². The maximum atomic E-state index is 12.7. The molecule has 158 valence electrons. The number of allylic oxidation sites excluding steroid dienone is 1. The van der Waals surface area contributed by atoms with Gasteiger partial charge in [-0.15, -0.1) is 0 Å². The molecular weight excluding hydrogens is 457 g/mol. The molecule has 0 saturated carbocycles. The highest BCUT2D eigenvalue weighted by Crippen LogP contribution is 2.39. The van der Waals surface area contributed by atoms with Crippen LogP contribution in [0.4, 0.5) is 0 Å². The van der Waals surface area contributed by atoms with E-state index >= 15 is 0 Å². The van der Waals surface area contributed by atoms with Crippen molar-refractivity contribution in [1.82, 2.24) is 0 Å². The number of nitrogens with zero attached hydrogens (tertiary/aromatic N) is 1. The number of ether oxygens (including phenoxy) is 1. The first kappa shape index (κ1) is 22.7. The van der Waals surface area contributed by atoms with E-state index in [2.05, 4.69) is 6.07 Å². The first-order valence-corrected chi connectivity index (χ1v) is 11.3. The highest BCUT2D eigenvalue weighted by Gasteiger charge is 2.22. The summed E-state index contributed by atoms with van der Waals surface area (Å²) in [5.41, 5.74) is 1.72. The molecule has 3 aromatic carbocycles. The predicted octanol–water partition coefficient (Wildman–Crippen LogP) is 6.22. The summed E-state index contributed by atoms with van der Waals surface area (Å²) in [6.45, 7) is 2.00. The Balaban J connectivity index is 2.02. The molecule has 0 saturated heterocycles. The van der Waals surface area contributed by atoms with Gasteiger partial charge in [-0.25, -0.2) is 0 Å². The lowest BCUT2D eigenvalue weighted by atomic mass is 10.0. The smallest absolute Gasteiger partial charge is 0.339 e. The Morgan fingerprint density at radius 2 is 1.74 bits per heavy atom. The van der Waals surface area contributed by atoms with Crippen LogP contribution in [0.25, 0.3) is 11.6 Å². The number of hydrogen-bond donors (Lipinski definition) is 0. The Labute approximate surface area is 191 Å². The topological polar surface area (TPSA) is 76.4 Å². The fourth-order valence-corrected chi connectivity index (χ4v) is 4.13. The van der Waals surface area contributed by atoms with Gasteiger partial charge >= 0.3 is 10.1 Å². The lowest BCUT2D eigenvalue weighted by Crippen LogP contribution is -2.11. The Hall–Kier alpha value is -2.98. The lowest BCUT2D eigenvalue weighted by Gasteiger charge is -2.14. The Kier molecular flexibility index (Phi) is 7.24. The van der Waals surface area contributed by atoms with Crippen molar-refractivity contribution < 1.29 is 17.3 Å². The van der Waals surface area contributed by atoms with E-state index < -0.39 is 10.1 Å². The summed E-state index contributed by atoms with van der Waals surface area (Å²) in [7, 11) is -4.17. The summed E-state index contributed by atoms with van der Waals surface area (Å²) in [6, 6.07) is 20.0. The molecule has 0 amide bonds. The van der Waals surface area contributed by atoms with Crippen LogP contribution in [0, 0.1) is 11.3 Å². The molecule has 0 aromatic heterocycles. The van der Waals surface area contributed by atoms with E-state index in [1.54, 1.807) is 19.1 Å². The fraction of sp³-hybridized carbons (Fsp3) is 0.0870. The van der Waals surface area contributed by atoms with E-state index in [4.69, 9.17) is 32.1 Å². The van der Waals surface area contributed by atoms with Gasteiger partial charge in [-0.1, -0.05) is 53.5 Å². The average molecular weight is 474 g/mol. The third-order valence-electron chi connectivity index (χ3n) is 4.14. The van der Waals surface area contributed by atoms with Crippen molar-refractivity contribution >= 4 is 45.0 Å². The van der Waals surface area contributed by atoms with E-state index in [9.17, 15) is 13.7 Å². The van der Waals surface area contributed by atoms with Crippen LogP contribution in [-0.2, 0) is 10.1 Å². The van der Waals surface area contributed by atoms with E-state index in [0.29, 0.717) is 16.2 Å². The van der Waals surface area contributed by atoms with E-state index in [-0.39, 0.29) is 28.0 Å². The van der Waals surface area contributed by atoms with Crippen molar-refractivity contribution in [3.05, 3.63) is 87.9 Å². The summed E-state index contributed by atoms with van der Waals surface area (Å²) in [5, 5.41) is 9.97. The molecule has 0 aliphatic heterocycles. The molecular formula is C23H17Cl2NO4S. The summed E-state index contributed by atoms with van der Waals surface area (Å²) in [5.74, 6) is 0.0120. The summed E-state index contributed by atoms with van der Waals surface area (Å²) in [6.07, 6.45) is 1.64. The van der Waals surface area contributed by atoms with Crippen LogP contribution in [-0.4, -0.2) is 15.0 Å². The molecule has 0 spiro atoms. The number of benzene rings is 3. The Bertz CT molecular complexity index is 1250. The first-order chi connectivity index (χ1) is 14.8. The zero-order valence-corrected chi connectivity index (χ0v) is 18.7. The molecule has 31 heavy (non-hydrogen) atoms.